The highest BCUT2D eigenvalue weighted by molar-refractivity contribution is 7.98. The monoisotopic (exact) mass is 386 g/mol. The Bertz CT molecular complexity index is 745. The van der Waals surface area contributed by atoms with Crippen LogP contribution in [-0.2, 0) is 19.4 Å². The van der Waals surface area contributed by atoms with Crippen LogP contribution in [0.3, 0.4) is 0 Å². The highest BCUT2D eigenvalue weighted by atomic mass is 32.2. The van der Waals surface area contributed by atoms with E-state index in [0.29, 0.717) is 5.78 Å². The lowest BCUT2D eigenvalue weighted by molar-refractivity contribution is 0.0811. The summed E-state index contributed by atoms with van der Waals surface area (Å²) in [5.41, 5.74) is 2.20. The van der Waals surface area contributed by atoms with Crippen LogP contribution in [0.1, 0.15) is 51.6 Å². The van der Waals surface area contributed by atoms with Crippen molar-refractivity contribution in [2.75, 3.05) is 19.3 Å². The van der Waals surface area contributed by atoms with Gasteiger partial charge in [-0.05, 0) is 63.5 Å². The van der Waals surface area contributed by atoms with Gasteiger partial charge >= 0.3 is 0 Å². The molecule has 1 aliphatic carbocycles. The second-order valence-corrected chi connectivity index (χ2v) is 9.40. The van der Waals surface area contributed by atoms with E-state index in [9.17, 15) is 4.79 Å². The number of carbonyl (C=O) groups excluding carboxylic acids is 1. The fourth-order valence-electron chi connectivity index (χ4n) is 4.07. The van der Waals surface area contributed by atoms with Gasteiger partial charge in [-0.1, -0.05) is 12.1 Å². The maximum atomic E-state index is 12.9. The smallest absolute Gasteiger partial charge is 0.167 e. The lowest BCUT2D eigenvalue weighted by atomic mass is 9.90. The first-order chi connectivity index (χ1) is 12.7. The minimum Gasteiger partial charge on any atom is -0.296 e. The summed E-state index contributed by atoms with van der Waals surface area (Å²) in [7, 11) is 0. The van der Waals surface area contributed by atoms with E-state index in [0.717, 1.165) is 44.5 Å². The average molecular weight is 387 g/mol. The molecule has 0 spiro atoms. The highest BCUT2D eigenvalue weighted by Crippen LogP contribution is 2.29. The van der Waals surface area contributed by atoms with Gasteiger partial charge in [-0.15, -0.1) is 23.1 Å². The number of nitrogens with zero attached hydrogens (tertiary/aromatic N) is 2. The normalized spacial score (nSPS) is 20.7. The predicted octanol–water partition coefficient (Wildman–Crippen LogP) is 4.84. The number of likely N-dealkylation sites (tertiary alicyclic amines) is 1. The lowest BCUT2D eigenvalue weighted by Gasteiger charge is -2.31. The van der Waals surface area contributed by atoms with E-state index >= 15 is 0 Å². The lowest BCUT2D eigenvalue weighted by Crippen LogP contribution is -2.38. The molecular weight excluding hydrogens is 360 g/mol. The Labute approximate surface area is 164 Å². The van der Waals surface area contributed by atoms with Crippen molar-refractivity contribution in [1.82, 2.24) is 9.88 Å². The molecule has 0 unspecified atom stereocenters. The van der Waals surface area contributed by atoms with Gasteiger partial charge in [0.15, 0.2) is 5.78 Å². The van der Waals surface area contributed by atoms with Crippen molar-refractivity contribution in [3.63, 3.8) is 0 Å². The standard InChI is InChI=1S/C21H26N2OS2/c1-25-17-10-8-15(9-11-17)21(24)16-5-4-12-23(13-16)14-20-22-18-6-2-3-7-19(18)26-20/h8-11,16H,2-7,12-14H2,1H3/t16-/m0/s1. The molecule has 0 N–H and O–H groups in total. The molecule has 26 heavy (non-hydrogen) atoms. The number of Topliss-reactive ketones (excluding diaryl/α,β-unsaturated/α-hetero) is 1. The SMILES string of the molecule is CSc1ccc(C(=O)[C@H]2CCCN(Cc3nc4c(s3)CCCC4)C2)cc1. The van der Waals surface area contributed by atoms with Gasteiger partial charge in [-0.3, -0.25) is 9.69 Å². The Morgan fingerprint density at radius 2 is 2.04 bits per heavy atom. The molecule has 2 aliphatic rings. The minimum absolute atomic E-state index is 0.124. The third-order valence-corrected chi connectivity index (χ3v) is 7.39. The van der Waals surface area contributed by atoms with Gasteiger partial charge in [-0.25, -0.2) is 4.98 Å². The van der Waals surface area contributed by atoms with Gasteiger partial charge in [-0.2, -0.15) is 0 Å². The van der Waals surface area contributed by atoms with Crippen molar-refractivity contribution in [2.24, 2.45) is 5.92 Å². The molecule has 1 atom stereocenters. The van der Waals surface area contributed by atoms with Gasteiger partial charge in [0.05, 0.1) is 12.2 Å². The number of benzene rings is 1. The molecule has 0 radical (unpaired) electrons. The summed E-state index contributed by atoms with van der Waals surface area (Å²) in [5.74, 6) is 0.430. The molecule has 0 saturated carbocycles. The quantitative estimate of drug-likeness (QED) is 0.544. The van der Waals surface area contributed by atoms with Gasteiger partial charge < -0.3 is 0 Å². The zero-order valence-corrected chi connectivity index (χ0v) is 17.0. The number of thioether (sulfide) groups is 1. The number of piperidine rings is 1. The summed E-state index contributed by atoms with van der Waals surface area (Å²) in [5, 5.41) is 1.24. The minimum atomic E-state index is 0.124. The van der Waals surface area contributed by atoms with Crippen molar-refractivity contribution in [1.29, 1.82) is 0 Å². The molecule has 1 aliphatic heterocycles. The van der Waals surface area contributed by atoms with E-state index in [1.807, 2.05) is 23.5 Å². The number of rotatable bonds is 5. The van der Waals surface area contributed by atoms with Gasteiger partial charge in [0, 0.05) is 27.8 Å². The topological polar surface area (TPSA) is 33.2 Å². The van der Waals surface area contributed by atoms with Gasteiger partial charge in [0.2, 0.25) is 0 Å². The van der Waals surface area contributed by atoms with Crippen LogP contribution >= 0.6 is 23.1 Å². The van der Waals surface area contributed by atoms with Crippen molar-refractivity contribution in [3.8, 4) is 0 Å². The van der Waals surface area contributed by atoms with Crippen molar-refractivity contribution in [3.05, 3.63) is 45.4 Å². The number of hydrogen-bond donors (Lipinski definition) is 0. The summed E-state index contributed by atoms with van der Waals surface area (Å²) in [6, 6.07) is 8.08. The summed E-state index contributed by atoms with van der Waals surface area (Å²) in [4.78, 5) is 22.9. The van der Waals surface area contributed by atoms with E-state index < -0.39 is 0 Å². The van der Waals surface area contributed by atoms with Crippen molar-refractivity contribution >= 4 is 28.9 Å². The van der Waals surface area contributed by atoms with Crippen molar-refractivity contribution < 1.29 is 4.79 Å². The Morgan fingerprint density at radius 1 is 1.23 bits per heavy atom. The van der Waals surface area contributed by atoms with E-state index in [1.54, 1.807) is 11.8 Å². The number of ketones is 1. The molecular formula is C21H26N2OS2. The molecule has 1 saturated heterocycles. The number of thiazole rings is 1. The predicted molar refractivity (Wildman–Crippen MR) is 109 cm³/mol. The van der Waals surface area contributed by atoms with E-state index in [1.165, 1.54) is 39.7 Å². The zero-order chi connectivity index (χ0) is 17.9. The number of hydrogen-bond acceptors (Lipinski definition) is 5. The van der Waals surface area contributed by atoms with Crippen LogP contribution < -0.4 is 0 Å². The van der Waals surface area contributed by atoms with E-state index in [-0.39, 0.29) is 5.92 Å². The third-order valence-electron chi connectivity index (χ3n) is 5.50. The zero-order valence-electron chi connectivity index (χ0n) is 15.4. The van der Waals surface area contributed by atoms with Crippen LogP contribution in [-0.4, -0.2) is 35.0 Å². The maximum Gasteiger partial charge on any atom is 0.167 e. The Kier molecular flexibility index (Phi) is 5.77. The number of aryl methyl sites for hydroxylation is 2. The Hall–Kier alpha value is -1.17. The number of fused-ring (bicyclic) bond motifs is 1. The highest BCUT2D eigenvalue weighted by Gasteiger charge is 2.27. The first-order valence-corrected chi connectivity index (χ1v) is 11.6. The van der Waals surface area contributed by atoms with Crippen LogP contribution in [0, 0.1) is 5.92 Å². The molecule has 0 bridgehead atoms. The first-order valence-electron chi connectivity index (χ1n) is 9.61. The van der Waals surface area contributed by atoms with Crippen LogP contribution in [0.25, 0.3) is 0 Å². The third kappa shape index (κ3) is 4.05. The van der Waals surface area contributed by atoms with Crippen molar-refractivity contribution in [2.45, 2.75) is 50.0 Å². The summed E-state index contributed by atoms with van der Waals surface area (Å²) >= 11 is 3.61. The maximum absolute atomic E-state index is 12.9. The fraction of sp³-hybridized carbons (Fsp3) is 0.524. The molecule has 0 amide bonds. The average Bonchev–Trinajstić information content (AvgIpc) is 3.10. The molecule has 5 heteroatoms. The summed E-state index contributed by atoms with van der Waals surface area (Å²) in [6.07, 6.45) is 9.12. The van der Waals surface area contributed by atoms with Gasteiger partial charge in [0.1, 0.15) is 5.01 Å². The largest absolute Gasteiger partial charge is 0.296 e. The van der Waals surface area contributed by atoms with Gasteiger partial charge in [0.25, 0.3) is 0 Å². The van der Waals surface area contributed by atoms with E-state index in [4.69, 9.17) is 4.98 Å². The van der Waals surface area contributed by atoms with Crippen LogP contribution in [0.4, 0.5) is 0 Å². The molecule has 1 aromatic heterocycles. The molecule has 2 aromatic rings. The first kappa shape index (κ1) is 18.2. The Morgan fingerprint density at radius 3 is 2.81 bits per heavy atom. The Balaban J connectivity index is 1.40. The number of aromatic nitrogens is 1. The second kappa shape index (κ2) is 8.24. The van der Waals surface area contributed by atoms with E-state index in [2.05, 4.69) is 23.3 Å². The molecule has 1 aromatic carbocycles. The van der Waals surface area contributed by atoms with Crippen LogP contribution in [0.5, 0.6) is 0 Å². The van der Waals surface area contributed by atoms with Crippen LogP contribution in [0.15, 0.2) is 29.2 Å². The fourth-order valence-corrected chi connectivity index (χ4v) is 5.68. The molecule has 138 valence electrons. The number of carbonyl (C=O) groups is 1. The molecule has 4 rings (SSSR count). The molecule has 2 heterocycles. The molecule has 1 fully saturated rings. The van der Waals surface area contributed by atoms with Crippen LogP contribution in [0.2, 0.25) is 0 Å². The summed E-state index contributed by atoms with van der Waals surface area (Å²) in [6.45, 7) is 2.86. The molecule has 3 nitrogen and oxygen atoms in total. The second-order valence-electron chi connectivity index (χ2n) is 7.35. The summed E-state index contributed by atoms with van der Waals surface area (Å²) < 4.78 is 0.